The lowest BCUT2D eigenvalue weighted by Crippen LogP contribution is -2.39. The highest BCUT2D eigenvalue weighted by molar-refractivity contribution is 14.0. The maximum absolute atomic E-state index is 11.0. The van der Waals surface area contributed by atoms with E-state index in [0.717, 1.165) is 23.5 Å². The summed E-state index contributed by atoms with van der Waals surface area (Å²) in [5, 5.41) is 3.25. The molecule has 1 aromatic heterocycles. The minimum Gasteiger partial charge on any atom is -0.378 e. The summed E-state index contributed by atoms with van der Waals surface area (Å²) < 4.78 is 30.5. The van der Waals surface area contributed by atoms with Crippen molar-refractivity contribution < 1.29 is 13.2 Å². The van der Waals surface area contributed by atoms with Crippen LogP contribution in [-0.4, -0.2) is 69.2 Å². The van der Waals surface area contributed by atoms with Crippen LogP contribution in [0.2, 0.25) is 0 Å². The van der Waals surface area contributed by atoms with Gasteiger partial charge in [-0.25, -0.2) is 8.42 Å². The van der Waals surface area contributed by atoms with E-state index >= 15 is 0 Å². The number of hydrogen-bond acceptors (Lipinski definition) is 4. The van der Waals surface area contributed by atoms with Gasteiger partial charge in [0, 0.05) is 43.3 Å². The molecule has 0 aliphatic heterocycles. The molecular weight excluding hydrogens is 523 g/mol. The standard InChI is InChI=1S/C15H27BrN4O3S.HI/c1-5-17-15(18-6-7-23-8-9-24(4,21)22)20(3)12-14-10-13(16)11-19(14)2;/h10-11H,5-9,12H2,1-4H3,(H,17,18);1H. The van der Waals surface area contributed by atoms with Gasteiger partial charge < -0.3 is 19.5 Å². The van der Waals surface area contributed by atoms with E-state index in [-0.39, 0.29) is 36.3 Å². The molecule has 0 amide bonds. The van der Waals surface area contributed by atoms with Crippen molar-refractivity contribution in [1.82, 2.24) is 14.8 Å². The summed E-state index contributed by atoms with van der Waals surface area (Å²) in [4.78, 5) is 6.56. The van der Waals surface area contributed by atoms with Gasteiger partial charge in [-0.15, -0.1) is 24.0 Å². The Morgan fingerprint density at radius 3 is 2.64 bits per heavy atom. The Hall–Kier alpha value is -0.330. The second-order valence-electron chi connectivity index (χ2n) is 5.59. The monoisotopic (exact) mass is 550 g/mol. The molecule has 0 aliphatic carbocycles. The Morgan fingerprint density at radius 1 is 1.44 bits per heavy atom. The van der Waals surface area contributed by atoms with Crippen molar-refractivity contribution in [3.05, 3.63) is 22.4 Å². The van der Waals surface area contributed by atoms with Gasteiger partial charge in [-0.2, -0.15) is 0 Å². The van der Waals surface area contributed by atoms with E-state index in [0.29, 0.717) is 13.2 Å². The summed E-state index contributed by atoms with van der Waals surface area (Å²) in [6, 6.07) is 2.08. The lowest BCUT2D eigenvalue weighted by Gasteiger charge is -2.22. The molecule has 1 N–H and O–H groups in total. The van der Waals surface area contributed by atoms with Gasteiger partial charge in [-0.3, -0.25) is 4.99 Å². The molecule has 1 rings (SSSR count). The van der Waals surface area contributed by atoms with Crippen molar-refractivity contribution in [1.29, 1.82) is 0 Å². The zero-order valence-electron chi connectivity index (χ0n) is 15.2. The molecule has 1 aromatic rings. The quantitative estimate of drug-likeness (QED) is 0.220. The Morgan fingerprint density at radius 2 is 2.12 bits per heavy atom. The highest BCUT2D eigenvalue weighted by Gasteiger charge is 2.09. The summed E-state index contributed by atoms with van der Waals surface area (Å²) in [7, 11) is 1.01. The van der Waals surface area contributed by atoms with Crippen LogP contribution < -0.4 is 5.32 Å². The zero-order chi connectivity index (χ0) is 18.2. The molecule has 0 radical (unpaired) electrons. The van der Waals surface area contributed by atoms with E-state index in [1.165, 1.54) is 11.9 Å². The molecular formula is C15H28BrIN4O3S. The normalized spacial score (nSPS) is 12.0. The van der Waals surface area contributed by atoms with Crippen LogP contribution in [0.3, 0.4) is 0 Å². The van der Waals surface area contributed by atoms with E-state index in [2.05, 4.69) is 36.9 Å². The third kappa shape index (κ3) is 10.4. The predicted octanol–water partition coefficient (Wildman–Crippen LogP) is 1.86. The molecule has 0 saturated heterocycles. The number of rotatable bonds is 9. The Kier molecular flexibility index (Phi) is 12.0. The van der Waals surface area contributed by atoms with Crippen LogP contribution in [0.5, 0.6) is 0 Å². The van der Waals surface area contributed by atoms with Gasteiger partial charge >= 0.3 is 0 Å². The van der Waals surface area contributed by atoms with Crippen molar-refractivity contribution in [2.24, 2.45) is 12.0 Å². The van der Waals surface area contributed by atoms with E-state index in [9.17, 15) is 8.42 Å². The summed E-state index contributed by atoms with van der Waals surface area (Å²) in [6.45, 7) is 4.60. The van der Waals surface area contributed by atoms with Crippen LogP contribution in [0.15, 0.2) is 21.7 Å². The third-order valence-electron chi connectivity index (χ3n) is 3.27. The first-order valence-corrected chi connectivity index (χ1v) is 10.6. The molecule has 25 heavy (non-hydrogen) atoms. The Balaban J connectivity index is 0.00000576. The Bertz CT molecular complexity index is 649. The number of aryl methyl sites for hydroxylation is 1. The van der Waals surface area contributed by atoms with E-state index in [4.69, 9.17) is 4.74 Å². The van der Waals surface area contributed by atoms with Crippen molar-refractivity contribution in [3.63, 3.8) is 0 Å². The van der Waals surface area contributed by atoms with Gasteiger partial charge in [-0.1, -0.05) is 0 Å². The number of sulfone groups is 1. The summed E-state index contributed by atoms with van der Waals surface area (Å²) in [6.07, 6.45) is 3.22. The van der Waals surface area contributed by atoms with Crippen molar-refractivity contribution in [2.75, 3.05) is 45.4 Å². The second-order valence-corrected chi connectivity index (χ2v) is 8.77. The second kappa shape index (κ2) is 12.1. The molecule has 1 heterocycles. The summed E-state index contributed by atoms with van der Waals surface area (Å²) in [5.41, 5.74) is 1.17. The summed E-state index contributed by atoms with van der Waals surface area (Å²) >= 11 is 3.48. The van der Waals surface area contributed by atoms with Gasteiger partial charge in [0.15, 0.2) is 5.96 Å². The number of aromatic nitrogens is 1. The fraction of sp³-hybridized carbons (Fsp3) is 0.667. The van der Waals surface area contributed by atoms with Gasteiger partial charge in [0.2, 0.25) is 0 Å². The van der Waals surface area contributed by atoms with Gasteiger partial charge in [0.25, 0.3) is 0 Å². The number of guanidine groups is 1. The van der Waals surface area contributed by atoms with Crippen LogP contribution in [0.1, 0.15) is 12.6 Å². The van der Waals surface area contributed by atoms with Crippen molar-refractivity contribution in [3.8, 4) is 0 Å². The maximum atomic E-state index is 11.0. The minimum absolute atomic E-state index is 0. The van der Waals surface area contributed by atoms with Crippen LogP contribution in [0, 0.1) is 0 Å². The van der Waals surface area contributed by atoms with Gasteiger partial charge in [-0.05, 0) is 28.9 Å². The number of aliphatic imine (C=N–C) groups is 1. The van der Waals surface area contributed by atoms with Crippen LogP contribution in [-0.2, 0) is 28.2 Å². The largest absolute Gasteiger partial charge is 0.378 e. The van der Waals surface area contributed by atoms with E-state index in [1.807, 2.05) is 32.1 Å². The zero-order valence-corrected chi connectivity index (χ0v) is 19.9. The first-order chi connectivity index (χ1) is 11.2. The first kappa shape index (κ1) is 24.7. The highest BCUT2D eigenvalue weighted by Crippen LogP contribution is 2.14. The average Bonchev–Trinajstić information content (AvgIpc) is 2.78. The van der Waals surface area contributed by atoms with Crippen LogP contribution in [0.4, 0.5) is 0 Å². The molecule has 0 aliphatic rings. The van der Waals surface area contributed by atoms with Crippen LogP contribution in [0.25, 0.3) is 0 Å². The third-order valence-corrected chi connectivity index (χ3v) is 4.61. The fourth-order valence-corrected chi connectivity index (χ4v) is 3.03. The number of nitrogens with one attached hydrogen (secondary N) is 1. The SMILES string of the molecule is CCNC(=NCCOCCS(C)(=O)=O)N(C)Cc1cc(Br)cn1C.I. The molecule has 0 saturated carbocycles. The van der Waals surface area contributed by atoms with E-state index < -0.39 is 9.84 Å². The minimum atomic E-state index is -2.97. The smallest absolute Gasteiger partial charge is 0.194 e. The lowest BCUT2D eigenvalue weighted by molar-refractivity contribution is 0.157. The first-order valence-electron chi connectivity index (χ1n) is 7.78. The molecule has 10 heteroatoms. The number of halogens is 2. The average molecular weight is 551 g/mol. The fourth-order valence-electron chi connectivity index (χ4n) is 2.04. The van der Waals surface area contributed by atoms with E-state index in [1.54, 1.807) is 0 Å². The topological polar surface area (TPSA) is 75.9 Å². The number of hydrogen-bond donors (Lipinski definition) is 1. The van der Waals surface area contributed by atoms with Crippen molar-refractivity contribution in [2.45, 2.75) is 13.5 Å². The Labute approximate surface area is 176 Å². The van der Waals surface area contributed by atoms with Crippen molar-refractivity contribution >= 4 is 55.7 Å². The lowest BCUT2D eigenvalue weighted by atomic mass is 10.4. The molecule has 0 unspecified atom stereocenters. The molecule has 0 bridgehead atoms. The molecule has 0 aromatic carbocycles. The molecule has 0 fully saturated rings. The highest BCUT2D eigenvalue weighted by atomic mass is 127. The van der Waals surface area contributed by atoms with Crippen LogP contribution >= 0.6 is 39.9 Å². The molecule has 0 atom stereocenters. The van der Waals surface area contributed by atoms with Gasteiger partial charge in [0.1, 0.15) is 9.84 Å². The molecule has 146 valence electrons. The molecule has 7 nitrogen and oxygen atoms in total. The maximum Gasteiger partial charge on any atom is 0.194 e. The van der Waals surface area contributed by atoms with Gasteiger partial charge in [0.05, 0.1) is 32.1 Å². The number of ether oxygens (including phenoxy) is 1. The predicted molar refractivity (Wildman–Crippen MR) is 117 cm³/mol. The number of nitrogens with zero attached hydrogens (tertiary/aromatic N) is 3. The summed E-state index contributed by atoms with van der Waals surface area (Å²) in [5.74, 6) is 0.834. The molecule has 0 spiro atoms.